The summed E-state index contributed by atoms with van der Waals surface area (Å²) >= 11 is 0. The number of carboxylic acid groups (broad SMARTS) is 1. The van der Waals surface area contributed by atoms with Gasteiger partial charge in [0.15, 0.2) is 0 Å². The first-order valence-electron chi connectivity index (χ1n) is 11.3. The largest absolute Gasteiger partial charge is 0.477 e. The maximum Gasteiger partial charge on any atom is 0.341 e. The van der Waals surface area contributed by atoms with Crippen LogP contribution in [0, 0.1) is 24.1 Å². The number of benzene rings is 1. The van der Waals surface area contributed by atoms with Gasteiger partial charge >= 0.3 is 5.97 Å². The third-order valence-corrected chi connectivity index (χ3v) is 7.35. The van der Waals surface area contributed by atoms with Crippen molar-refractivity contribution in [1.82, 2.24) is 4.57 Å². The number of aliphatic hydroxyl groups excluding tert-OH is 1. The highest BCUT2D eigenvalue weighted by Crippen LogP contribution is 2.53. The maximum atomic E-state index is 15.3. The van der Waals surface area contributed by atoms with E-state index in [1.807, 2.05) is 30.2 Å². The Hall–Kier alpha value is -2.41. The molecule has 0 amide bonds. The van der Waals surface area contributed by atoms with Crippen LogP contribution in [0.5, 0.6) is 0 Å². The van der Waals surface area contributed by atoms with Gasteiger partial charge in [0.05, 0.1) is 11.2 Å². The molecule has 2 aliphatic carbocycles. The summed E-state index contributed by atoms with van der Waals surface area (Å²) in [7, 11) is 0. The molecule has 3 fully saturated rings. The van der Waals surface area contributed by atoms with Gasteiger partial charge in [0.2, 0.25) is 5.43 Å². The Morgan fingerprint density at radius 1 is 1.29 bits per heavy atom. The van der Waals surface area contributed by atoms with E-state index in [0.29, 0.717) is 29.9 Å². The highest BCUT2D eigenvalue weighted by Gasteiger charge is 2.50. The lowest BCUT2D eigenvalue weighted by Gasteiger charge is -2.42. The van der Waals surface area contributed by atoms with E-state index in [4.69, 9.17) is 0 Å². The number of pyridine rings is 1. The van der Waals surface area contributed by atoms with Gasteiger partial charge in [-0.1, -0.05) is 20.3 Å². The van der Waals surface area contributed by atoms with Gasteiger partial charge in [0.1, 0.15) is 11.4 Å². The van der Waals surface area contributed by atoms with Crippen LogP contribution < -0.4 is 10.3 Å². The van der Waals surface area contributed by atoms with Crippen molar-refractivity contribution in [3.63, 3.8) is 0 Å². The Morgan fingerprint density at radius 3 is 2.45 bits per heavy atom. The van der Waals surface area contributed by atoms with E-state index in [1.165, 1.54) is 12.3 Å². The van der Waals surface area contributed by atoms with Crippen molar-refractivity contribution in [2.75, 3.05) is 24.6 Å². The second kappa shape index (κ2) is 7.93. The Morgan fingerprint density at radius 2 is 1.97 bits per heavy atom. The normalized spacial score (nSPS) is 21.7. The summed E-state index contributed by atoms with van der Waals surface area (Å²) in [5.74, 6) is -1.65. The maximum absolute atomic E-state index is 15.3. The lowest BCUT2D eigenvalue weighted by molar-refractivity contribution is 0.0571. The number of carboxylic acids is 1. The number of aliphatic hydroxyl groups is 1. The number of anilines is 1. The monoisotopic (exact) mass is 430 g/mol. The second-order valence-corrected chi connectivity index (χ2v) is 9.02. The lowest BCUT2D eigenvalue weighted by Crippen LogP contribution is -2.39. The number of rotatable bonds is 4. The molecule has 168 valence electrons. The highest BCUT2D eigenvalue weighted by molar-refractivity contribution is 5.95. The third-order valence-electron chi connectivity index (χ3n) is 7.35. The van der Waals surface area contributed by atoms with E-state index in [-0.39, 0.29) is 34.9 Å². The molecule has 5 rings (SSSR count). The molecule has 2 N–H and O–H groups in total. The number of aryl methyl sites for hydroxylation is 1. The summed E-state index contributed by atoms with van der Waals surface area (Å²) in [5.41, 5.74) is 0.903. The summed E-state index contributed by atoms with van der Waals surface area (Å²) in [6.07, 6.45) is 6.51. The smallest absolute Gasteiger partial charge is 0.341 e. The minimum atomic E-state index is -1.29. The minimum Gasteiger partial charge on any atom is -0.477 e. The molecule has 31 heavy (non-hydrogen) atoms. The number of hydrogen-bond acceptors (Lipinski definition) is 4. The average molecular weight is 431 g/mol. The predicted octanol–water partition coefficient (Wildman–Crippen LogP) is 4.11. The second-order valence-electron chi connectivity index (χ2n) is 9.02. The number of nitrogens with zero attached hydrogens (tertiary/aromatic N) is 2. The van der Waals surface area contributed by atoms with Crippen molar-refractivity contribution in [1.29, 1.82) is 0 Å². The summed E-state index contributed by atoms with van der Waals surface area (Å²) in [6.45, 7) is 7.22. The van der Waals surface area contributed by atoms with Gasteiger partial charge in [0.25, 0.3) is 0 Å². The molecule has 1 aromatic heterocycles. The van der Waals surface area contributed by atoms with Crippen LogP contribution in [-0.4, -0.2) is 40.4 Å². The SMILES string of the molecule is CC.Cc1c(N2CC(CO)C3(CCC3)C2)c(F)cc2c(=O)c(C(=O)O)cn(C3CC3)c12. The number of fused-ring (bicyclic) bond motifs is 1. The first kappa shape index (κ1) is 21.8. The zero-order valence-corrected chi connectivity index (χ0v) is 18.4. The summed E-state index contributed by atoms with van der Waals surface area (Å²) in [4.78, 5) is 26.3. The van der Waals surface area contributed by atoms with Crippen LogP contribution in [0.3, 0.4) is 0 Å². The van der Waals surface area contributed by atoms with Crippen molar-refractivity contribution >= 4 is 22.6 Å². The van der Waals surface area contributed by atoms with E-state index >= 15 is 4.39 Å². The predicted molar refractivity (Wildman–Crippen MR) is 119 cm³/mol. The molecule has 1 saturated heterocycles. The van der Waals surface area contributed by atoms with Crippen molar-refractivity contribution in [3.8, 4) is 0 Å². The molecule has 2 heterocycles. The Balaban J connectivity index is 0.00000112. The Bertz CT molecular complexity index is 1090. The molecule has 2 aromatic rings. The minimum absolute atomic E-state index is 0.0614. The number of carbonyl (C=O) groups is 1. The molecular formula is C24H31FN2O4. The molecule has 1 spiro atoms. The fourth-order valence-electron chi connectivity index (χ4n) is 5.50. The number of aromatic nitrogens is 1. The first-order chi connectivity index (χ1) is 14.9. The van der Waals surface area contributed by atoms with Crippen molar-refractivity contribution in [3.05, 3.63) is 39.4 Å². The number of hydrogen-bond donors (Lipinski definition) is 2. The van der Waals surface area contributed by atoms with Crippen LogP contribution in [-0.2, 0) is 0 Å². The summed E-state index contributed by atoms with van der Waals surface area (Å²) < 4.78 is 17.2. The standard InChI is InChI=1S/C22H25FN2O4.C2H6/c1-12-18-15(20(27)16(21(28)29)9-25(18)14-3-4-14)7-17(23)19(12)24-8-13(10-26)22(11-24)5-2-6-22;1-2/h7,9,13-14,26H,2-6,8,10-11H2,1H3,(H,28,29);1-2H3. The molecule has 6 nitrogen and oxygen atoms in total. The van der Waals surface area contributed by atoms with Crippen molar-refractivity contribution in [2.24, 2.45) is 11.3 Å². The molecule has 0 bridgehead atoms. The zero-order chi connectivity index (χ0) is 22.5. The molecular weight excluding hydrogens is 399 g/mol. The van der Waals surface area contributed by atoms with Crippen molar-refractivity contribution in [2.45, 2.75) is 58.9 Å². The molecule has 1 unspecified atom stereocenters. The van der Waals surface area contributed by atoms with E-state index in [9.17, 15) is 19.8 Å². The van der Waals surface area contributed by atoms with Gasteiger partial charge in [-0.15, -0.1) is 0 Å². The van der Waals surface area contributed by atoms with Crippen LogP contribution >= 0.6 is 0 Å². The first-order valence-corrected chi connectivity index (χ1v) is 11.3. The molecule has 1 aromatic carbocycles. The number of aromatic carboxylic acids is 1. The average Bonchev–Trinajstić information content (AvgIpc) is 3.49. The van der Waals surface area contributed by atoms with Gasteiger partial charge in [-0.05, 0) is 49.7 Å². The van der Waals surface area contributed by atoms with E-state index < -0.39 is 17.2 Å². The fourth-order valence-corrected chi connectivity index (χ4v) is 5.50. The fraction of sp³-hybridized carbons (Fsp3) is 0.583. The third kappa shape index (κ3) is 3.34. The van der Waals surface area contributed by atoms with Crippen LogP contribution in [0.2, 0.25) is 0 Å². The molecule has 3 aliphatic rings. The quantitative estimate of drug-likeness (QED) is 0.763. The van der Waals surface area contributed by atoms with E-state index in [2.05, 4.69) is 0 Å². The van der Waals surface area contributed by atoms with Gasteiger partial charge < -0.3 is 19.7 Å². The van der Waals surface area contributed by atoms with E-state index in [0.717, 1.165) is 32.1 Å². The van der Waals surface area contributed by atoms with Crippen LogP contribution in [0.25, 0.3) is 10.9 Å². The number of halogens is 1. The summed E-state index contributed by atoms with van der Waals surface area (Å²) in [6, 6.07) is 1.36. The lowest BCUT2D eigenvalue weighted by atomic mass is 9.63. The van der Waals surface area contributed by atoms with Crippen LogP contribution in [0.1, 0.15) is 67.9 Å². The van der Waals surface area contributed by atoms with Gasteiger partial charge in [-0.2, -0.15) is 0 Å². The van der Waals surface area contributed by atoms with Crippen LogP contribution in [0.4, 0.5) is 10.1 Å². The van der Waals surface area contributed by atoms with Crippen LogP contribution in [0.15, 0.2) is 17.1 Å². The molecule has 7 heteroatoms. The zero-order valence-electron chi connectivity index (χ0n) is 18.4. The highest BCUT2D eigenvalue weighted by atomic mass is 19.1. The topological polar surface area (TPSA) is 82.8 Å². The van der Waals surface area contributed by atoms with Crippen molar-refractivity contribution < 1.29 is 19.4 Å². The van der Waals surface area contributed by atoms with Gasteiger partial charge in [-0.3, -0.25) is 4.79 Å². The van der Waals surface area contributed by atoms with E-state index in [1.54, 1.807) is 0 Å². The molecule has 1 aliphatic heterocycles. The summed E-state index contributed by atoms with van der Waals surface area (Å²) in [5, 5.41) is 19.4. The Kier molecular flexibility index (Phi) is 5.58. The molecule has 1 atom stereocenters. The Labute approximate surface area is 181 Å². The van der Waals surface area contributed by atoms with Gasteiger partial charge in [0, 0.05) is 43.2 Å². The molecule has 2 saturated carbocycles. The molecule has 0 radical (unpaired) electrons. The van der Waals surface area contributed by atoms with Gasteiger partial charge in [-0.25, -0.2) is 9.18 Å².